The number of rotatable bonds is 6. The number of esters is 1. The van der Waals surface area contributed by atoms with E-state index in [2.05, 4.69) is 5.10 Å². The van der Waals surface area contributed by atoms with E-state index in [1.54, 1.807) is 17.9 Å². The Hall–Kier alpha value is -3.28. The van der Waals surface area contributed by atoms with Crippen LogP contribution in [0.15, 0.2) is 54.6 Å². The van der Waals surface area contributed by atoms with Crippen LogP contribution in [0.3, 0.4) is 0 Å². The fourth-order valence-corrected chi connectivity index (χ4v) is 3.65. The molecule has 0 radical (unpaired) electrons. The number of ether oxygens (including phenoxy) is 3. The molecule has 0 N–H and O–H groups in total. The van der Waals surface area contributed by atoms with E-state index in [0.717, 1.165) is 29.8 Å². The zero-order valence-corrected chi connectivity index (χ0v) is 16.6. The number of hydrogen-bond acceptors (Lipinski definition) is 5. The van der Waals surface area contributed by atoms with Crippen molar-refractivity contribution in [1.82, 2.24) is 9.78 Å². The minimum absolute atomic E-state index is 0.248. The van der Waals surface area contributed by atoms with Gasteiger partial charge in [0.1, 0.15) is 0 Å². The van der Waals surface area contributed by atoms with E-state index in [4.69, 9.17) is 14.2 Å². The van der Waals surface area contributed by atoms with Crippen LogP contribution < -0.4 is 9.47 Å². The molecule has 1 aliphatic carbocycles. The molecule has 1 fully saturated rings. The molecule has 0 spiro atoms. The molecule has 1 aromatic heterocycles. The summed E-state index contributed by atoms with van der Waals surface area (Å²) in [7, 11) is 2.99. The van der Waals surface area contributed by atoms with Crippen molar-refractivity contribution < 1.29 is 19.0 Å². The molecule has 0 aliphatic heterocycles. The summed E-state index contributed by atoms with van der Waals surface area (Å²) in [6.45, 7) is 0. The van der Waals surface area contributed by atoms with Crippen molar-refractivity contribution >= 4 is 5.97 Å². The average Bonchev–Trinajstić information content (AvgIpc) is 3.44. The second-order valence-electron chi connectivity index (χ2n) is 7.04. The van der Waals surface area contributed by atoms with Crippen LogP contribution in [-0.4, -0.2) is 36.1 Å². The van der Waals surface area contributed by atoms with Gasteiger partial charge in [0, 0.05) is 5.56 Å². The minimum Gasteiger partial charge on any atom is -0.493 e. The normalized spacial score (nSPS) is 14.0. The maximum atomic E-state index is 12.3. The average molecular weight is 392 g/mol. The zero-order chi connectivity index (χ0) is 20.2. The van der Waals surface area contributed by atoms with E-state index < -0.39 is 5.97 Å². The van der Waals surface area contributed by atoms with E-state index in [9.17, 15) is 4.79 Å². The zero-order valence-electron chi connectivity index (χ0n) is 16.6. The Labute approximate surface area is 170 Å². The van der Waals surface area contributed by atoms with Crippen LogP contribution in [0, 0.1) is 0 Å². The molecule has 0 unspecified atom stereocenters. The fourth-order valence-electron chi connectivity index (χ4n) is 3.65. The highest BCUT2D eigenvalue weighted by molar-refractivity contribution is 5.89. The molecule has 1 heterocycles. The van der Waals surface area contributed by atoms with Crippen molar-refractivity contribution in [1.29, 1.82) is 0 Å². The lowest BCUT2D eigenvalue weighted by Gasteiger charge is -2.16. The summed E-state index contributed by atoms with van der Waals surface area (Å²) >= 11 is 0. The van der Waals surface area contributed by atoms with Gasteiger partial charge >= 0.3 is 5.97 Å². The molecule has 0 atom stereocenters. The lowest BCUT2D eigenvalue weighted by molar-refractivity contribution is 0.0590. The van der Waals surface area contributed by atoms with Crippen LogP contribution in [-0.2, 0) is 4.74 Å². The second-order valence-corrected chi connectivity index (χ2v) is 7.04. The Kier molecular flexibility index (Phi) is 5.51. The number of para-hydroxylation sites is 1. The number of benzene rings is 2. The lowest BCUT2D eigenvalue weighted by atomic mass is 10.1. The molecule has 6 heteroatoms. The molecule has 6 nitrogen and oxygen atoms in total. The molecular weight excluding hydrogens is 368 g/mol. The largest absolute Gasteiger partial charge is 0.493 e. The predicted molar refractivity (Wildman–Crippen MR) is 110 cm³/mol. The summed E-state index contributed by atoms with van der Waals surface area (Å²) in [4.78, 5) is 12.3. The van der Waals surface area contributed by atoms with E-state index in [0.29, 0.717) is 17.1 Å². The van der Waals surface area contributed by atoms with Crippen LogP contribution in [0.5, 0.6) is 11.5 Å². The number of methoxy groups -OCH3 is 2. The van der Waals surface area contributed by atoms with Crippen LogP contribution in [0.1, 0.15) is 36.2 Å². The third-order valence-electron chi connectivity index (χ3n) is 5.16. The van der Waals surface area contributed by atoms with Gasteiger partial charge in [0.25, 0.3) is 0 Å². The third kappa shape index (κ3) is 3.97. The van der Waals surface area contributed by atoms with E-state index in [1.807, 2.05) is 48.5 Å². The topological polar surface area (TPSA) is 62.6 Å². The van der Waals surface area contributed by atoms with Gasteiger partial charge in [-0.1, -0.05) is 18.2 Å². The van der Waals surface area contributed by atoms with Crippen LogP contribution in [0.25, 0.3) is 16.9 Å². The maximum absolute atomic E-state index is 12.3. The molecule has 3 aromatic rings. The molecule has 2 aromatic carbocycles. The van der Waals surface area contributed by atoms with Gasteiger partial charge in [0.05, 0.1) is 31.7 Å². The van der Waals surface area contributed by atoms with Crippen molar-refractivity contribution in [3.8, 4) is 28.4 Å². The number of hydrogen-bond donors (Lipinski definition) is 0. The molecule has 0 bridgehead atoms. The molecular formula is C23H24N2O4. The Morgan fingerprint density at radius 1 is 1.00 bits per heavy atom. The van der Waals surface area contributed by atoms with Gasteiger partial charge in [-0.3, -0.25) is 0 Å². The van der Waals surface area contributed by atoms with Gasteiger partial charge < -0.3 is 14.2 Å². The molecule has 0 saturated heterocycles. The Morgan fingerprint density at radius 3 is 2.45 bits per heavy atom. The molecule has 150 valence electrons. The highest BCUT2D eigenvalue weighted by atomic mass is 16.5. The van der Waals surface area contributed by atoms with Crippen molar-refractivity contribution in [3.63, 3.8) is 0 Å². The summed E-state index contributed by atoms with van der Waals surface area (Å²) in [5.74, 6) is 0.947. The predicted octanol–water partition coefficient (Wildman–Crippen LogP) is 4.66. The second kappa shape index (κ2) is 8.39. The van der Waals surface area contributed by atoms with Crippen LogP contribution in [0.2, 0.25) is 0 Å². The van der Waals surface area contributed by atoms with Crippen molar-refractivity contribution in [3.05, 3.63) is 60.3 Å². The van der Waals surface area contributed by atoms with Crippen molar-refractivity contribution in [2.45, 2.75) is 31.8 Å². The standard InChI is InChI=1S/C23H24N2O4/c1-27-22-14-16(12-13-21(22)29-18-10-6-7-11-18)19-15-20(23(26)28-2)25(24-19)17-8-4-3-5-9-17/h3-5,8-9,12-15,18H,6-7,10-11H2,1-2H3. The van der Waals surface area contributed by atoms with E-state index in [-0.39, 0.29) is 6.10 Å². The Bertz CT molecular complexity index is 991. The summed E-state index contributed by atoms with van der Waals surface area (Å²) in [6.07, 6.45) is 4.82. The first-order chi connectivity index (χ1) is 14.2. The van der Waals surface area contributed by atoms with Crippen LogP contribution >= 0.6 is 0 Å². The summed E-state index contributed by atoms with van der Waals surface area (Å²) in [5.41, 5.74) is 2.63. The van der Waals surface area contributed by atoms with Crippen molar-refractivity contribution in [2.24, 2.45) is 0 Å². The first-order valence-electron chi connectivity index (χ1n) is 9.78. The van der Waals surface area contributed by atoms with E-state index in [1.165, 1.54) is 20.0 Å². The molecule has 29 heavy (non-hydrogen) atoms. The quantitative estimate of drug-likeness (QED) is 0.571. The first kappa shape index (κ1) is 19.1. The number of carbonyl (C=O) groups excluding carboxylic acids is 1. The minimum atomic E-state index is -0.444. The molecule has 4 rings (SSSR count). The van der Waals surface area contributed by atoms with Crippen molar-refractivity contribution in [2.75, 3.05) is 14.2 Å². The summed E-state index contributed by atoms with van der Waals surface area (Å²) in [6, 6.07) is 17.0. The van der Waals surface area contributed by atoms with Gasteiger partial charge in [-0.15, -0.1) is 0 Å². The molecule has 1 saturated carbocycles. The van der Waals surface area contributed by atoms with Gasteiger partial charge in [-0.25, -0.2) is 9.48 Å². The lowest BCUT2D eigenvalue weighted by Crippen LogP contribution is -2.11. The fraction of sp³-hybridized carbons (Fsp3) is 0.304. The smallest absolute Gasteiger partial charge is 0.356 e. The third-order valence-corrected chi connectivity index (χ3v) is 5.16. The Balaban J connectivity index is 1.70. The monoisotopic (exact) mass is 392 g/mol. The number of nitrogens with zero attached hydrogens (tertiary/aromatic N) is 2. The number of carbonyl (C=O) groups is 1. The maximum Gasteiger partial charge on any atom is 0.356 e. The first-order valence-corrected chi connectivity index (χ1v) is 9.78. The van der Waals surface area contributed by atoms with Crippen LogP contribution in [0.4, 0.5) is 0 Å². The Morgan fingerprint density at radius 2 is 1.76 bits per heavy atom. The van der Waals surface area contributed by atoms with Gasteiger partial charge in [0.15, 0.2) is 17.2 Å². The molecule has 1 aliphatic rings. The van der Waals surface area contributed by atoms with Gasteiger partial charge in [-0.05, 0) is 62.1 Å². The highest BCUT2D eigenvalue weighted by Gasteiger charge is 2.21. The van der Waals surface area contributed by atoms with Gasteiger partial charge in [0.2, 0.25) is 0 Å². The van der Waals surface area contributed by atoms with E-state index >= 15 is 0 Å². The number of aromatic nitrogens is 2. The summed E-state index contributed by atoms with van der Waals surface area (Å²) < 4.78 is 18.2. The van der Waals surface area contributed by atoms with Gasteiger partial charge in [-0.2, -0.15) is 5.10 Å². The summed E-state index contributed by atoms with van der Waals surface area (Å²) in [5, 5.41) is 4.65. The highest BCUT2D eigenvalue weighted by Crippen LogP contribution is 2.35. The molecule has 0 amide bonds. The SMILES string of the molecule is COC(=O)c1cc(-c2ccc(OC3CCCC3)c(OC)c2)nn1-c1ccccc1.